The first kappa shape index (κ1) is 21.6. The van der Waals surface area contributed by atoms with Crippen LogP contribution in [-0.2, 0) is 6.61 Å². The Bertz CT molecular complexity index is 1110. The summed E-state index contributed by atoms with van der Waals surface area (Å²) in [5.74, 6) is 0.714. The summed E-state index contributed by atoms with van der Waals surface area (Å²) in [6.07, 6.45) is 1.63. The quantitative estimate of drug-likeness (QED) is 0.622. The van der Waals surface area contributed by atoms with Gasteiger partial charge in [0.15, 0.2) is 0 Å². The first-order chi connectivity index (χ1) is 15.5. The summed E-state index contributed by atoms with van der Waals surface area (Å²) in [4.78, 5) is 32.9. The first-order valence-electron chi connectivity index (χ1n) is 10.3. The number of carbonyl (C=O) groups is 2. The summed E-state index contributed by atoms with van der Waals surface area (Å²) in [5.41, 5.74) is 7.16. The van der Waals surface area contributed by atoms with E-state index in [1.165, 1.54) is 0 Å². The largest absolute Gasteiger partial charge is 0.488 e. The number of hydrogen-bond acceptors (Lipinski definition) is 5. The number of para-hydroxylation sites is 1. The molecule has 4 rings (SSSR count). The van der Waals surface area contributed by atoms with Gasteiger partial charge in [-0.1, -0.05) is 35.9 Å². The van der Waals surface area contributed by atoms with E-state index >= 15 is 0 Å². The minimum absolute atomic E-state index is 0.0203. The fourth-order valence-corrected chi connectivity index (χ4v) is 3.74. The molecule has 1 aliphatic rings. The lowest BCUT2D eigenvalue weighted by Gasteiger charge is -2.35. The summed E-state index contributed by atoms with van der Waals surface area (Å²) in [6, 6.07) is 17.9. The SMILES string of the molecule is NC(=O)c1ccccc1OCc1cccc(C(=O)N2CCN(c3ccc(Cl)cn3)CC2)c1. The van der Waals surface area contributed by atoms with Crippen LogP contribution in [0.15, 0.2) is 66.9 Å². The number of anilines is 1. The van der Waals surface area contributed by atoms with Crippen molar-refractivity contribution in [3.05, 3.63) is 88.6 Å². The Morgan fingerprint density at radius 3 is 2.50 bits per heavy atom. The smallest absolute Gasteiger partial charge is 0.253 e. The van der Waals surface area contributed by atoms with E-state index in [0.29, 0.717) is 48.1 Å². The summed E-state index contributed by atoms with van der Waals surface area (Å²) < 4.78 is 5.79. The van der Waals surface area contributed by atoms with E-state index in [-0.39, 0.29) is 12.5 Å². The third-order valence-electron chi connectivity index (χ3n) is 5.32. The maximum atomic E-state index is 13.0. The average Bonchev–Trinajstić information content (AvgIpc) is 2.83. The molecule has 2 heterocycles. The molecule has 0 unspecified atom stereocenters. The van der Waals surface area contributed by atoms with Gasteiger partial charge in [0.1, 0.15) is 18.2 Å². The Morgan fingerprint density at radius 1 is 1.00 bits per heavy atom. The van der Waals surface area contributed by atoms with Crippen molar-refractivity contribution in [2.24, 2.45) is 5.73 Å². The molecular weight excluding hydrogens is 428 g/mol. The minimum Gasteiger partial charge on any atom is -0.488 e. The van der Waals surface area contributed by atoms with Crippen molar-refractivity contribution in [2.75, 3.05) is 31.1 Å². The summed E-state index contributed by atoms with van der Waals surface area (Å²) in [6.45, 7) is 2.84. The zero-order valence-electron chi connectivity index (χ0n) is 17.4. The zero-order chi connectivity index (χ0) is 22.5. The van der Waals surface area contributed by atoms with Gasteiger partial charge < -0.3 is 20.3 Å². The maximum absolute atomic E-state index is 13.0. The normalized spacial score (nSPS) is 13.7. The van der Waals surface area contributed by atoms with E-state index in [1.54, 1.807) is 36.5 Å². The van der Waals surface area contributed by atoms with Crippen molar-refractivity contribution in [3.8, 4) is 5.75 Å². The van der Waals surface area contributed by atoms with Gasteiger partial charge in [0, 0.05) is 37.9 Å². The second-order valence-corrected chi connectivity index (χ2v) is 7.90. The fourth-order valence-electron chi connectivity index (χ4n) is 3.63. The van der Waals surface area contributed by atoms with Gasteiger partial charge in [0.2, 0.25) is 0 Å². The molecule has 1 saturated heterocycles. The second-order valence-electron chi connectivity index (χ2n) is 7.46. The van der Waals surface area contributed by atoms with Crippen LogP contribution in [0.1, 0.15) is 26.3 Å². The fraction of sp³-hybridized carbons (Fsp3) is 0.208. The van der Waals surface area contributed by atoms with Crippen molar-refractivity contribution in [1.29, 1.82) is 0 Å². The van der Waals surface area contributed by atoms with E-state index < -0.39 is 5.91 Å². The molecule has 0 aliphatic carbocycles. The highest BCUT2D eigenvalue weighted by molar-refractivity contribution is 6.30. The van der Waals surface area contributed by atoms with E-state index in [9.17, 15) is 9.59 Å². The predicted molar refractivity (Wildman–Crippen MR) is 123 cm³/mol. The second kappa shape index (κ2) is 9.70. The van der Waals surface area contributed by atoms with Crippen LogP contribution in [-0.4, -0.2) is 47.9 Å². The molecule has 164 valence electrons. The molecule has 0 radical (unpaired) electrons. The van der Waals surface area contributed by atoms with Crippen LogP contribution in [0.25, 0.3) is 0 Å². The van der Waals surface area contributed by atoms with E-state index in [1.807, 2.05) is 35.2 Å². The number of aromatic nitrogens is 1. The lowest BCUT2D eigenvalue weighted by molar-refractivity contribution is 0.0746. The average molecular weight is 451 g/mol. The van der Waals surface area contributed by atoms with Gasteiger partial charge >= 0.3 is 0 Å². The first-order valence-corrected chi connectivity index (χ1v) is 10.7. The molecule has 0 bridgehead atoms. The van der Waals surface area contributed by atoms with Crippen molar-refractivity contribution >= 4 is 29.2 Å². The van der Waals surface area contributed by atoms with Crippen LogP contribution in [0.3, 0.4) is 0 Å². The Labute approximate surface area is 191 Å². The highest BCUT2D eigenvalue weighted by Crippen LogP contribution is 2.20. The van der Waals surface area contributed by atoms with Crippen LogP contribution in [0.2, 0.25) is 5.02 Å². The lowest BCUT2D eigenvalue weighted by Crippen LogP contribution is -2.49. The number of piperazine rings is 1. The number of ether oxygens (including phenoxy) is 1. The van der Waals surface area contributed by atoms with Gasteiger partial charge in [-0.3, -0.25) is 9.59 Å². The number of amides is 2. The van der Waals surface area contributed by atoms with Crippen LogP contribution in [0, 0.1) is 0 Å². The van der Waals surface area contributed by atoms with Crippen LogP contribution >= 0.6 is 11.6 Å². The van der Waals surface area contributed by atoms with Gasteiger partial charge in [-0.15, -0.1) is 0 Å². The molecule has 3 aromatic rings. The Kier molecular flexibility index (Phi) is 6.56. The Morgan fingerprint density at radius 2 is 1.78 bits per heavy atom. The van der Waals surface area contributed by atoms with Gasteiger partial charge in [0.05, 0.1) is 10.6 Å². The van der Waals surface area contributed by atoms with Gasteiger partial charge in [0.25, 0.3) is 11.8 Å². The monoisotopic (exact) mass is 450 g/mol. The number of nitrogens with zero attached hydrogens (tertiary/aromatic N) is 3. The molecule has 1 fully saturated rings. The van der Waals surface area contributed by atoms with Gasteiger partial charge in [-0.25, -0.2) is 4.98 Å². The number of pyridine rings is 1. The number of carbonyl (C=O) groups excluding carboxylic acids is 2. The van der Waals surface area contributed by atoms with E-state index in [4.69, 9.17) is 22.1 Å². The molecule has 7 nitrogen and oxygen atoms in total. The Hall–Kier alpha value is -3.58. The summed E-state index contributed by atoms with van der Waals surface area (Å²) in [5, 5.41) is 0.601. The predicted octanol–water partition coefficient (Wildman–Crippen LogP) is 3.38. The van der Waals surface area contributed by atoms with Crippen molar-refractivity contribution < 1.29 is 14.3 Å². The molecule has 2 N–H and O–H groups in total. The standard InChI is InChI=1S/C24H23ClN4O3/c25-19-8-9-22(27-15-19)28-10-12-29(13-11-28)24(31)18-5-3-4-17(14-18)16-32-21-7-2-1-6-20(21)23(26)30/h1-9,14-15H,10-13,16H2,(H2,26,30). The third-order valence-corrected chi connectivity index (χ3v) is 5.55. The highest BCUT2D eigenvalue weighted by atomic mass is 35.5. The molecule has 0 atom stereocenters. The molecule has 2 aromatic carbocycles. The number of rotatable bonds is 6. The van der Waals surface area contributed by atoms with Crippen LogP contribution in [0.5, 0.6) is 5.75 Å². The molecule has 0 spiro atoms. The number of primary amides is 1. The van der Waals surface area contributed by atoms with Gasteiger partial charge in [-0.05, 0) is 42.0 Å². The van der Waals surface area contributed by atoms with E-state index in [2.05, 4.69) is 9.88 Å². The summed E-state index contributed by atoms with van der Waals surface area (Å²) >= 11 is 5.91. The number of nitrogens with two attached hydrogens (primary N) is 1. The number of benzene rings is 2. The third kappa shape index (κ3) is 5.00. The number of halogens is 1. The minimum atomic E-state index is -0.544. The molecular formula is C24H23ClN4O3. The Balaban J connectivity index is 1.37. The molecule has 1 aliphatic heterocycles. The topological polar surface area (TPSA) is 88.8 Å². The molecule has 0 saturated carbocycles. The zero-order valence-corrected chi connectivity index (χ0v) is 18.2. The molecule has 32 heavy (non-hydrogen) atoms. The van der Waals surface area contributed by atoms with Crippen LogP contribution in [0.4, 0.5) is 5.82 Å². The van der Waals surface area contributed by atoms with Crippen molar-refractivity contribution in [1.82, 2.24) is 9.88 Å². The molecule has 2 amide bonds. The number of hydrogen-bond donors (Lipinski definition) is 1. The lowest BCUT2D eigenvalue weighted by atomic mass is 10.1. The van der Waals surface area contributed by atoms with Crippen LogP contribution < -0.4 is 15.4 Å². The van der Waals surface area contributed by atoms with Crippen molar-refractivity contribution in [2.45, 2.75) is 6.61 Å². The maximum Gasteiger partial charge on any atom is 0.253 e. The van der Waals surface area contributed by atoms with Gasteiger partial charge in [-0.2, -0.15) is 0 Å². The van der Waals surface area contributed by atoms with E-state index in [0.717, 1.165) is 11.4 Å². The summed E-state index contributed by atoms with van der Waals surface area (Å²) in [7, 11) is 0. The highest BCUT2D eigenvalue weighted by Gasteiger charge is 2.23. The molecule has 1 aromatic heterocycles. The molecule has 8 heteroatoms. The van der Waals surface area contributed by atoms with Crippen molar-refractivity contribution in [3.63, 3.8) is 0 Å².